The molecule has 0 aromatic heterocycles. The number of hydrogen-bond acceptors (Lipinski definition) is 3. The van der Waals surface area contributed by atoms with E-state index >= 15 is 0 Å². The van der Waals surface area contributed by atoms with Crippen LogP contribution in [0.15, 0.2) is 24.3 Å². The van der Waals surface area contributed by atoms with Crippen LogP contribution in [-0.4, -0.2) is 34.7 Å². The van der Waals surface area contributed by atoms with Crippen molar-refractivity contribution in [3.63, 3.8) is 0 Å². The fourth-order valence-corrected chi connectivity index (χ4v) is 2.23. The molecule has 0 atom stereocenters. The molecule has 0 spiro atoms. The Labute approximate surface area is 117 Å². The molecule has 0 aliphatic carbocycles. The molecular weight excluding hydrogens is 237 g/mol. The molecule has 0 fully saturated rings. The molecule has 4 heteroatoms. The number of nitrogens with zero attached hydrogens (tertiary/aromatic N) is 1. The lowest BCUT2D eigenvalue weighted by atomic mass is 9.77. The first-order valence-corrected chi connectivity index (χ1v) is 7.24. The van der Waals surface area contributed by atoms with Crippen LogP contribution < -0.4 is 5.46 Å². The first kappa shape index (κ1) is 16.2. The lowest BCUT2D eigenvalue weighted by Crippen LogP contribution is -2.38. The predicted octanol–water partition coefficient (Wildman–Crippen LogP) is 1.77. The summed E-state index contributed by atoms with van der Waals surface area (Å²) in [5.74, 6) is 0. The first-order chi connectivity index (χ1) is 9.06. The zero-order valence-electron chi connectivity index (χ0n) is 12.3. The van der Waals surface area contributed by atoms with Gasteiger partial charge in [0.25, 0.3) is 0 Å². The van der Waals surface area contributed by atoms with E-state index in [0.717, 1.165) is 18.7 Å². The van der Waals surface area contributed by atoms with Gasteiger partial charge in [-0.15, -0.1) is 0 Å². The van der Waals surface area contributed by atoms with Crippen LogP contribution in [0, 0.1) is 0 Å². The van der Waals surface area contributed by atoms with Gasteiger partial charge in [0, 0.05) is 12.6 Å². The topological polar surface area (TPSA) is 43.7 Å². The molecule has 0 saturated carbocycles. The van der Waals surface area contributed by atoms with Gasteiger partial charge in [0.1, 0.15) is 0 Å². The van der Waals surface area contributed by atoms with Gasteiger partial charge in [0.2, 0.25) is 0 Å². The van der Waals surface area contributed by atoms with Crippen molar-refractivity contribution in [3.8, 4) is 0 Å². The maximum absolute atomic E-state index is 9.41. The Kier molecular flexibility index (Phi) is 7.14. The third kappa shape index (κ3) is 5.35. The van der Waals surface area contributed by atoms with E-state index in [1.165, 1.54) is 19.3 Å². The number of unbranched alkanes of at least 4 members (excludes halogenated alkanes) is 2. The van der Waals surface area contributed by atoms with Gasteiger partial charge in [-0.3, -0.25) is 4.90 Å². The Bertz CT molecular complexity index is 369. The zero-order chi connectivity index (χ0) is 14.3. The summed E-state index contributed by atoms with van der Waals surface area (Å²) in [5.41, 5.74) is 1.62. The molecule has 0 aliphatic heterocycles. The lowest BCUT2D eigenvalue weighted by Gasteiger charge is -2.27. The van der Waals surface area contributed by atoms with Crippen LogP contribution in [0.25, 0.3) is 0 Å². The van der Waals surface area contributed by atoms with Crippen molar-refractivity contribution in [2.75, 3.05) is 6.54 Å². The molecule has 0 bridgehead atoms. The first-order valence-electron chi connectivity index (χ1n) is 7.24. The van der Waals surface area contributed by atoms with Crippen LogP contribution >= 0.6 is 0 Å². The maximum atomic E-state index is 9.41. The summed E-state index contributed by atoms with van der Waals surface area (Å²) < 4.78 is 0. The van der Waals surface area contributed by atoms with Gasteiger partial charge in [-0.2, -0.15) is 0 Å². The molecule has 2 N–H and O–H groups in total. The maximum Gasteiger partial charge on any atom is 0.488 e. The molecule has 19 heavy (non-hydrogen) atoms. The highest BCUT2D eigenvalue weighted by molar-refractivity contribution is 6.59. The van der Waals surface area contributed by atoms with Crippen molar-refractivity contribution in [2.24, 2.45) is 0 Å². The van der Waals surface area contributed by atoms with Gasteiger partial charge in [0.05, 0.1) is 0 Å². The van der Waals surface area contributed by atoms with Crippen LogP contribution in [-0.2, 0) is 6.54 Å². The summed E-state index contributed by atoms with van der Waals surface area (Å²) >= 11 is 0. The van der Waals surface area contributed by atoms with Crippen LogP contribution in [0.5, 0.6) is 0 Å². The molecule has 0 aliphatic rings. The highest BCUT2D eigenvalue weighted by atomic mass is 16.4. The molecule has 0 radical (unpaired) electrons. The summed E-state index contributed by atoms with van der Waals surface area (Å²) in [4.78, 5) is 2.39. The van der Waals surface area contributed by atoms with Crippen LogP contribution in [0.4, 0.5) is 0 Å². The minimum absolute atomic E-state index is 0.459. The number of benzene rings is 1. The fraction of sp³-hybridized carbons (Fsp3) is 0.600. The van der Waals surface area contributed by atoms with Crippen LogP contribution in [0.1, 0.15) is 45.6 Å². The second-order valence-corrected chi connectivity index (χ2v) is 5.34. The number of hydrogen-bond donors (Lipinski definition) is 2. The summed E-state index contributed by atoms with van der Waals surface area (Å²) in [6.45, 7) is 8.40. The molecule has 0 heterocycles. The number of rotatable bonds is 8. The summed E-state index contributed by atoms with van der Waals surface area (Å²) in [6, 6.07) is 8.01. The summed E-state index contributed by atoms with van der Waals surface area (Å²) in [5, 5.41) is 18.8. The van der Waals surface area contributed by atoms with Crippen molar-refractivity contribution in [3.05, 3.63) is 29.8 Å². The van der Waals surface area contributed by atoms with Gasteiger partial charge in [-0.1, -0.05) is 44.0 Å². The summed E-state index contributed by atoms with van der Waals surface area (Å²) in [6.07, 6.45) is 3.66. The van der Waals surface area contributed by atoms with Crippen molar-refractivity contribution in [1.29, 1.82) is 0 Å². The lowest BCUT2D eigenvalue weighted by molar-refractivity contribution is 0.208. The average molecular weight is 263 g/mol. The normalized spacial score (nSPS) is 11.3. The molecule has 3 nitrogen and oxygen atoms in total. The molecule has 1 rings (SSSR count). The highest BCUT2D eigenvalue weighted by Gasteiger charge is 2.18. The quantitative estimate of drug-likeness (QED) is 0.555. The van der Waals surface area contributed by atoms with Gasteiger partial charge >= 0.3 is 7.12 Å². The Balaban J connectivity index is 2.73. The van der Waals surface area contributed by atoms with Crippen LogP contribution in [0.2, 0.25) is 0 Å². The molecule has 0 unspecified atom stereocenters. The SMILES string of the molecule is CCCCCN(Cc1ccccc1B(O)O)C(C)C. The third-order valence-corrected chi connectivity index (χ3v) is 3.49. The van der Waals surface area contributed by atoms with E-state index in [-0.39, 0.29) is 0 Å². The predicted molar refractivity (Wildman–Crippen MR) is 81.3 cm³/mol. The summed E-state index contributed by atoms with van der Waals surface area (Å²) in [7, 11) is -1.39. The van der Waals surface area contributed by atoms with Crippen molar-refractivity contribution in [1.82, 2.24) is 4.90 Å². The Morgan fingerprint density at radius 3 is 2.42 bits per heavy atom. The van der Waals surface area contributed by atoms with E-state index in [4.69, 9.17) is 0 Å². The Hall–Kier alpha value is -0.835. The standard InChI is InChI=1S/C15H26BNO2/c1-4-5-8-11-17(13(2)3)12-14-9-6-7-10-15(14)16(18)19/h6-7,9-10,13,18-19H,4-5,8,11-12H2,1-3H3. The van der Waals surface area contributed by atoms with E-state index < -0.39 is 7.12 Å². The van der Waals surface area contributed by atoms with Gasteiger partial charge in [-0.25, -0.2) is 0 Å². The molecular formula is C15H26BNO2. The van der Waals surface area contributed by atoms with Gasteiger partial charge in [-0.05, 0) is 37.8 Å². The minimum atomic E-state index is -1.39. The van der Waals surface area contributed by atoms with Gasteiger partial charge in [0.15, 0.2) is 0 Å². The van der Waals surface area contributed by atoms with Crippen LogP contribution in [0.3, 0.4) is 0 Å². The minimum Gasteiger partial charge on any atom is -0.423 e. The van der Waals surface area contributed by atoms with Gasteiger partial charge < -0.3 is 10.0 Å². The second-order valence-electron chi connectivity index (χ2n) is 5.34. The smallest absolute Gasteiger partial charge is 0.423 e. The Morgan fingerprint density at radius 1 is 1.16 bits per heavy atom. The third-order valence-electron chi connectivity index (χ3n) is 3.49. The zero-order valence-corrected chi connectivity index (χ0v) is 12.3. The molecule has 0 amide bonds. The van der Waals surface area contributed by atoms with E-state index in [1.807, 2.05) is 18.2 Å². The average Bonchev–Trinajstić information content (AvgIpc) is 2.38. The van der Waals surface area contributed by atoms with E-state index in [9.17, 15) is 10.0 Å². The van der Waals surface area contributed by atoms with Crippen molar-refractivity contribution < 1.29 is 10.0 Å². The van der Waals surface area contributed by atoms with E-state index in [1.54, 1.807) is 6.07 Å². The van der Waals surface area contributed by atoms with Crippen molar-refractivity contribution >= 4 is 12.6 Å². The molecule has 1 aromatic carbocycles. The molecule has 1 aromatic rings. The van der Waals surface area contributed by atoms with Crippen molar-refractivity contribution in [2.45, 2.75) is 52.6 Å². The molecule has 0 saturated heterocycles. The van der Waals surface area contributed by atoms with E-state index in [2.05, 4.69) is 25.7 Å². The molecule has 106 valence electrons. The second kappa shape index (κ2) is 8.36. The monoisotopic (exact) mass is 263 g/mol. The largest absolute Gasteiger partial charge is 0.488 e. The Morgan fingerprint density at radius 2 is 1.84 bits per heavy atom. The highest BCUT2D eigenvalue weighted by Crippen LogP contribution is 2.09. The fourth-order valence-electron chi connectivity index (χ4n) is 2.23. The van der Waals surface area contributed by atoms with E-state index in [0.29, 0.717) is 11.5 Å².